The number of imidazole rings is 1. The van der Waals surface area contributed by atoms with Gasteiger partial charge in [0.05, 0.1) is 28.4 Å². The number of aromatic amines is 2. The van der Waals surface area contributed by atoms with E-state index in [1.54, 1.807) is 6.20 Å². The van der Waals surface area contributed by atoms with Crippen molar-refractivity contribution in [3.05, 3.63) is 78.5 Å². The maximum Gasteiger partial charge on any atom is 0.159 e. The molecule has 0 unspecified atom stereocenters. The number of nitrogens with one attached hydrogen (secondary N) is 2. The molecule has 2 N–H and O–H groups in total. The number of pyridine rings is 2. The second-order valence-electron chi connectivity index (χ2n) is 11.4. The Balaban J connectivity index is 1.22. The maximum absolute atomic E-state index is 14.7. The molecule has 218 valence electrons. The Morgan fingerprint density at radius 2 is 1.86 bits per heavy atom. The fourth-order valence-corrected chi connectivity index (χ4v) is 5.69. The molecule has 43 heavy (non-hydrogen) atoms. The molecule has 0 atom stereocenters. The van der Waals surface area contributed by atoms with Gasteiger partial charge in [0.25, 0.3) is 0 Å². The van der Waals surface area contributed by atoms with Crippen molar-refractivity contribution in [2.75, 3.05) is 40.3 Å². The van der Waals surface area contributed by atoms with Crippen LogP contribution in [-0.4, -0.2) is 80.3 Å². The van der Waals surface area contributed by atoms with E-state index < -0.39 is 0 Å². The van der Waals surface area contributed by atoms with Crippen molar-refractivity contribution in [3.8, 4) is 39.7 Å². The monoisotopic (exact) mass is 576 g/mol. The van der Waals surface area contributed by atoms with Crippen molar-refractivity contribution < 1.29 is 9.13 Å². The van der Waals surface area contributed by atoms with Crippen molar-refractivity contribution in [2.24, 2.45) is 0 Å². The molecule has 0 spiro atoms. The summed E-state index contributed by atoms with van der Waals surface area (Å²) in [5, 5.41) is 8.59. The lowest BCUT2D eigenvalue weighted by molar-refractivity contribution is 0.260. The zero-order valence-electron chi connectivity index (χ0n) is 24.3. The second-order valence-corrected chi connectivity index (χ2v) is 11.4. The minimum Gasteiger partial charge on any atom is -0.492 e. The average Bonchev–Trinajstić information content (AvgIpc) is 3.76. The van der Waals surface area contributed by atoms with Crippen LogP contribution >= 0.6 is 0 Å². The molecule has 0 saturated carbocycles. The number of likely N-dealkylation sites (N-methyl/N-ethyl adjacent to an activating group) is 1. The number of nitrogens with zero attached hydrogens (tertiary/aromatic N) is 6. The third kappa shape index (κ3) is 5.71. The van der Waals surface area contributed by atoms with Crippen LogP contribution in [0.25, 0.3) is 55.8 Å². The van der Waals surface area contributed by atoms with Gasteiger partial charge in [0.1, 0.15) is 23.9 Å². The quantitative estimate of drug-likeness (QED) is 0.221. The standard InChI is InChI=1S/C33H33FN8O/c1-41(2)10-11-43-25-14-22(13-24(34)15-25)26-6-5-7-28-31(26)38-33(37-28)32-27-16-29(36-19-30(27)39-40-32)23-12-21(17-35-18-23)20-42-8-3-4-9-42/h5-7,12-19H,3-4,8-11,20H2,1-2H3,(H,37,38)(H,39,40). The first-order chi connectivity index (χ1) is 21.0. The van der Waals surface area contributed by atoms with Gasteiger partial charge in [-0.2, -0.15) is 5.10 Å². The van der Waals surface area contributed by atoms with Crippen LogP contribution in [0.2, 0.25) is 0 Å². The van der Waals surface area contributed by atoms with Crippen LogP contribution in [0.3, 0.4) is 0 Å². The number of hydrogen-bond acceptors (Lipinski definition) is 7. The lowest BCUT2D eigenvalue weighted by Crippen LogP contribution is -2.19. The van der Waals surface area contributed by atoms with Gasteiger partial charge in [0.2, 0.25) is 0 Å². The van der Waals surface area contributed by atoms with Gasteiger partial charge in [-0.1, -0.05) is 12.1 Å². The van der Waals surface area contributed by atoms with Crippen LogP contribution in [0.4, 0.5) is 4.39 Å². The number of ether oxygens (including phenoxy) is 1. The zero-order chi connectivity index (χ0) is 29.3. The number of likely N-dealkylation sites (tertiary alicyclic amines) is 1. The molecule has 0 amide bonds. The van der Waals surface area contributed by atoms with Crippen LogP contribution in [0, 0.1) is 5.82 Å². The first-order valence-electron chi connectivity index (χ1n) is 14.6. The van der Waals surface area contributed by atoms with E-state index in [1.807, 2.05) is 61.7 Å². The van der Waals surface area contributed by atoms with Crippen molar-refractivity contribution in [3.63, 3.8) is 0 Å². The number of benzene rings is 2. The number of rotatable bonds is 9. The number of H-pyrrole nitrogens is 2. The normalized spacial score (nSPS) is 14.0. The number of hydrogen-bond donors (Lipinski definition) is 2. The van der Waals surface area contributed by atoms with Gasteiger partial charge in [-0.3, -0.25) is 20.0 Å². The van der Waals surface area contributed by atoms with E-state index >= 15 is 0 Å². The second kappa shape index (κ2) is 11.5. The summed E-state index contributed by atoms with van der Waals surface area (Å²) in [7, 11) is 3.95. The first-order valence-corrected chi connectivity index (χ1v) is 14.6. The number of halogens is 1. The molecule has 1 aliphatic rings. The van der Waals surface area contributed by atoms with E-state index in [-0.39, 0.29) is 5.82 Å². The summed E-state index contributed by atoms with van der Waals surface area (Å²) in [6.07, 6.45) is 8.10. The van der Waals surface area contributed by atoms with E-state index in [4.69, 9.17) is 14.7 Å². The minimum atomic E-state index is -0.359. The molecule has 0 radical (unpaired) electrons. The smallest absolute Gasteiger partial charge is 0.159 e. The Morgan fingerprint density at radius 1 is 0.977 bits per heavy atom. The number of fused-ring (bicyclic) bond motifs is 2. The van der Waals surface area contributed by atoms with E-state index in [1.165, 1.54) is 30.5 Å². The fourth-order valence-electron chi connectivity index (χ4n) is 5.69. The molecular weight excluding hydrogens is 543 g/mol. The van der Waals surface area contributed by atoms with Gasteiger partial charge in [-0.05, 0) is 81.5 Å². The first kappa shape index (κ1) is 27.2. The van der Waals surface area contributed by atoms with E-state index in [0.29, 0.717) is 29.4 Å². The Hall–Kier alpha value is -4.67. The average molecular weight is 577 g/mol. The molecule has 5 heterocycles. The Bertz CT molecular complexity index is 1910. The number of para-hydroxylation sites is 1. The van der Waals surface area contributed by atoms with Crippen LogP contribution in [0.1, 0.15) is 18.4 Å². The van der Waals surface area contributed by atoms with Crippen molar-refractivity contribution in [1.29, 1.82) is 0 Å². The fraction of sp³-hybridized carbons (Fsp3) is 0.273. The van der Waals surface area contributed by atoms with Crippen LogP contribution < -0.4 is 4.74 Å². The third-order valence-corrected chi connectivity index (χ3v) is 7.87. The predicted octanol–water partition coefficient (Wildman–Crippen LogP) is 5.91. The lowest BCUT2D eigenvalue weighted by atomic mass is 10.0. The molecule has 0 aliphatic carbocycles. The minimum absolute atomic E-state index is 0.359. The van der Waals surface area contributed by atoms with Crippen molar-refractivity contribution >= 4 is 21.9 Å². The molecule has 7 rings (SSSR count). The third-order valence-electron chi connectivity index (χ3n) is 7.87. The van der Waals surface area contributed by atoms with Crippen LogP contribution in [0.15, 0.2) is 67.1 Å². The molecule has 2 aromatic carbocycles. The van der Waals surface area contributed by atoms with Gasteiger partial charge in [0, 0.05) is 48.1 Å². The highest BCUT2D eigenvalue weighted by Crippen LogP contribution is 2.34. The van der Waals surface area contributed by atoms with E-state index in [2.05, 4.69) is 31.1 Å². The largest absolute Gasteiger partial charge is 0.492 e. The molecule has 4 aromatic heterocycles. The summed E-state index contributed by atoms with van der Waals surface area (Å²) in [5.41, 5.74) is 7.53. The Labute approximate surface area is 248 Å². The topological polar surface area (TPSA) is 98.8 Å². The zero-order valence-corrected chi connectivity index (χ0v) is 24.3. The lowest BCUT2D eigenvalue weighted by Gasteiger charge is -2.14. The molecular formula is C33H33FN8O. The number of aromatic nitrogens is 6. The highest BCUT2D eigenvalue weighted by Gasteiger charge is 2.18. The van der Waals surface area contributed by atoms with Crippen LogP contribution in [-0.2, 0) is 6.54 Å². The maximum atomic E-state index is 14.7. The molecule has 10 heteroatoms. The SMILES string of the molecule is CN(C)CCOc1cc(F)cc(-c2cccc3[nH]c(-c4n[nH]c5cnc(-c6cncc(CN7CCCC7)c6)cc45)nc23)c1. The predicted molar refractivity (Wildman–Crippen MR) is 166 cm³/mol. The Kier molecular flexibility index (Phi) is 7.30. The molecule has 1 aliphatic heterocycles. The summed E-state index contributed by atoms with van der Waals surface area (Å²) < 4.78 is 20.5. The molecule has 9 nitrogen and oxygen atoms in total. The van der Waals surface area contributed by atoms with Gasteiger partial charge in [0.15, 0.2) is 5.82 Å². The van der Waals surface area contributed by atoms with Crippen molar-refractivity contribution in [1.82, 2.24) is 39.9 Å². The van der Waals surface area contributed by atoms with Crippen LogP contribution in [0.5, 0.6) is 5.75 Å². The van der Waals surface area contributed by atoms with Gasteiger partial charge in [-0.15, -0.1) is 0 Å². The highest BCUT2D eigenvalue weighted by molar-refractivity contribution is 5.97. The summed E-state index contributed by atoms with van der Waals surface area (Å²) in [6.45, 7) is 4.37. The summed E-state index contributed by atoms with van der Waals surface area (Å²) in [5.74, 6) is 0.745. The highest BCUT2D eigenvalue weighted by atomic mass is 19.1. The van der Waals surface area contributed by atoms with Gasteiger partial charge < -0.3 is 14.6 Å². The van der Waals surface area contributed by atoms with E-state index in [0.717, 1.165) is 64.9 Å². The van der Waals surface area contributed by atoms with Crippen molar-refractivity contribution in [2.45, 2.75) is 19.4 Å². The molecule has 0 bridgehead atoms. The molecule has 1 fully saturated rings. The van der Waals surface area contributed by atoms with Gasteiger partial charge in [-0.25, -0.2) is 9.37 Å². The summed E-state index contributed by atoms with van der Waals surface area (Å²) >= 11 is 0. The molecule has 6 aromatic rings. The molecule has 1 saturated heterocycles. The summed E-state index contributed by atoms with van der Waals surface area (Å²) in [4.78, 5) is 22.1. The summed E-state index contributed by atoms with van der Waals surface area (Å²) in [6, 6.07) is 14.8. The van der Waals surface area contributed by atoms with Gasteiger partial charge >= 0.3 is 0 Å². The Morgan fingerprint density at radius 3 is 2.72 bits per heavy atom. The van der Waals surface area contributed by atoms with E-state index in [9.17, 15) is 4.39 Å².